The van der Waals surface area contributed by atoms with E-state index in [0.29, 0.717) is 24.7 Å². The number of nitrogens with zero attached hydrogens (tertiary/aromatic N) is 3. The summed E-state index contributed by atoms with van der Waals surface area (Å²) in [4.78, 5) is 13.0. The Morgan fingerprint density at radius 3 is 2.43 bits per heavy atom. The maximum atomic E-state index is 6.21. The molecule has 8 nitrogen and oxygen atoms in total. The van der Waals surface area contributed by atoms with Gasteiger partial charge in [-0.3, -0.25) is 0 Å². The van der Waals surface area contributed by atoms with E-state index in [2.05, 4.69) is 9.97 Å². The molecule has 30 heavy (non-hydrogen) atoms. The number of hydrogen-bond donors (Lipinski definition) is 1. The van der Waals surface area contributed by atoms with Gasteiger partial charge in [-0.15, -0.1) is 0 Å². The van der Waals surface area contributed by atoms with Gasteiger partial charge in [0.05, 0.1) is 13.2 Å². The summed E-state index contributed by atoms with van der Waals surface area (Å²) in [6, 6.07) is 11.9. The van der Waals surface area contributed by atoms with Crippen LogP contribution < -0.4 is 15.2 Å². The minimum absolute atomic E-state index is 0.0638. The Labute approximate surface area is 172 Å². The second-order valence-electron chi connectivity index (χ2n) is 7.47. The number of rotatable bonds is 3. The maximum absolute atomic E-state index is 6.21. The Hall–Kier alpha value is -3.65. The molecule has 3 aliphatic heterocycles. The molecule has 0 saturated carbocycles. The van der Waals surface area contributed by atoms with Gasteiger partial charge in [-0.25, -0.2) is 15.0 Å². The average Bonchev–Trinajstić information content (AvgIpc) is 3.14. The van der Waals surface area contributed by atoms with Gasteiger partial charge in [0.1, 0.15) is 36.3 Å². The normalized spacial score (nSPS) is 21.7. The first-order chi connectivity index (χ1) is 14.7. The Kier molecular flexibility index (Phi) is 3.69. The summed E-state index contributed by atoms with van der Waals surface area (Å²) < 4.78 is 23.1. The molecule has 0 amide bonds. The molecule has 2 aromatic carbocycles. The molecule has 6 rings (SSSR count). The van der Waals surface area contributed by atoms with E-state index < -0.39 is 5.54 Å². The maximum Gasteiger partial charge on any atom is 0.283 e. The monoisotopic (exact) mass is 402 g/mol. The van der Waals surface area contributed by atoms with Crippen molar-refractivity contribution < 1.29 is 18.9 Å². The third-order valence-corrected chi connectivity index (χ3v) is 5.58. The number of aromatic nitrogens is 2. The third kappa shape index (κ3) is 2.61. The lowest BCUT2D eigenvalue weighted by Gasteiger charge is -2.34. The zero-order valence-corrected chi connectivity index (χ0v) is 15.9. The van der Waals surface area contributed by atoms with Crippen molar-refractivity contribution in [2.24, 2.45) is 10.7 Å². The quantitative estimate of drug-likeness (QED) is 0.719. The van der Waals surface area contributed by atoms with Crippen LogP contribution in [0.25, 0.3) is 11.1 Å². The van der Waals surface area contributed by atoms with Gasteiger partial charge in [0.15, 0.2) is 5.54 Å². The van der Waals surface area contributed by atoms with E-state index in [1.165, 1.54) is 6.33 Å². The van der Waals surface area contributed by atoms with Crippen molar-refractivity contribution in [3.05, 3.63) is 66.2 Å². The van der Waals surface area contributed by atoms with Crippen molar-refractivity contribution in [1.29, 1.82) is 0 Å². The molecule has 2 N–H and O–H groups in total. The van der Waals surface area contributed by atoms with E-state index >= 15 is 0 Å². The fraction of sp³-hybridized carbons (Fsp3) is 0.227. The van der Waals surface area contributed by atoms with Gasteiger partial charge < -0.3 is 24.7 Å². The van der Waals surface area contributed by atoms with E-state index in [-0.39, 0.29) is 18.7 Å². The summed E-state index contributed by atoms with van der Waals surface area (Å²) in [5, 5.41) is 0. The van der Waals surface area contributed by atoms with E-state index in [1.54, 1.807) is 12.4 Å². The van der Waals surface area contributed by atoms with Crippen molar-refractivity contribution in [3.63, 3.8) is 0 Å². The molecule has 150 valence electrons. The number of nitrogens with two attached hydrogens (primary N) is 1. The summed E-state index contributed by atoms with van der Waals surface area (Å²) in [6.07, 6.45) is 5.12. The lowest BCUT2D eigenvalue weighted by atomic mass is 9.80. The van der Waals surface area contributed by atoms with Crippen molar-refractivity contribution in [3.8, 4) is 28.4 Å². The molecule has 1 saturated heterocycles. The van der Waals surface area contributed by atoms with E-state index in [9.17, 15) is 0 Å². The highest BCUT2D eigenvalue weighted by atomic mass is 16.6. The van der Waals surface area contributed by atoms with Gasteiger partial charge in [0.2, 0.25) is 0 Å². The van der Waals surface area contributed by atoms with Crippen molar-refractivity contribution >= 4 is 6.02 Å². The molecule has 0 radical (unpaired) electrons. The molecule has 3 aromatic rings. The lowest BCUT2D eigenvalue weighted by Crippen LogP contribution is -2.38. The van der Waals surface area contributed by atoms with Crippen LogP contribution >= 0.6 is 0 Å². The second kappa shape index (κ2) is 6.43. The SMILES string of the molecule is NC1=N[C@]2(CO1)c1cc(OC3COC3)ccc1Oc1ccc(-c3cncnc3)cc12. The molecule has 3 aliphatic rings. The molecule has 1 spiro atoms. The number of benzene rings is 2. The topological polar surface area (TPSA) is 101 Å². The Balaban J connectivity index is 1.50. The van der Waals surface area contributed by atoms with Crippen LogP contribution in [0, 0.1) is 0 Å². The van der Waals surface area contributed by atoms with E-state index in [4.69, 9.17) is 29.7 Å². The molecule has 1 atom stereocenters. The van der Waals surface area contributed by atoms with Crippen molar-refractivity contribution in [2.45, 2.75) is 11.6 Å². The number of hydrogen-bond acceptors (Lipinski definition) is 8. The van der Waals surface area contributed by atoms with Gasteiger partial charge in [-0.1, -0.05) is 6.07 Å². The molecular formula is C22H18N4O4. The summed E-state index contributed by atoms with van der Waals surface area (Å²) in [7, 11) is 0. The van der Waals surface area contributed by atoms with Gasteiger partial charge >= 0.3 is 0 Å². The molecule has 0 aliphatic carbocycles. The fourth-order valence-electron chi connectivity index (χ4n) is 4.01. The number of ether oxygens (including phenoxy) is 4. The van der Waals surface area contributed by atoms with Crippen molar-refractivity contribution in [1.82, 2.24) is 9.97 Å². The highest BCUT2D eigenvalue weighted by molar-refractivity contribution is 5.78. The molecule has 0 unspecified atom stereocenters. The molecule has 4 heterocycles. The van der Waals surface area contributed by atoms with Gasteiger partial charge in [0.25, 0.3) is 6.02 Å². The summed E-state index contributed by atoms with van der Waals surface area (Å²) >= 11 is 0. The van der Waals surface area contributed by atoms with Crippen LogP contribution in [0.4, 0.5) is 0 Å². The van der Waals surface area contributed by atoms with Crippen LogP contribution in [0.3, 0.4) is 0 Å². The summed E-state index contributed by atoms with van der Waals surface area (Å²) in [5.41, 5.74) is 8.75. The van der Waals surface area contributed by atoms with Crippen LogP contribution in [-0.4, -0.2) is 41.9 Å². The first kappa shape index (κ1) is 17.2. The first-order valence-electron chi connectivity index (χ1n) is 9.66. The predicted octanol–water partition coefficient (Wildman–Crippen LogP) is 2.62. The second-order valence-corrected chi connectivity index (χ2v) is 7.47. The first-order valence-corrected chi connectivity index (χ1v) is 9.66. The molecule has 1 aromatic heterocycles. The Morgan fingerprint density at radius 2 is 1.73 bits per heavy atom. The van der Waals surface area contributed by atoms with Crippen LogP contribution in [0.15, 0.2) is 60.1 Å². The standard InChI is InChI=1S/C22H18N4O4/c23-21-26-22(11-28-21)17-5-13(14-7-24-12-25-8-14)1-3-19(17)30-20-4-2-15(6-18(20)22)29-16-9-27-10-16/h1-8,12,16H,9-11H2,(H2,23,26)/t22-/m0/s1. The predicted molar refractivity (Wildman–Crippen MR) is 108 cm³/mol. The average molecular weight is 402 g/mol. The number of aliphatic imine (C=N–C) groups is 1. The van der Waals surface area contributed by atoms with Crippen LogP contribution in [-0.2, 0) is 15.0 Å². The van der Waals surface area contributed by atoms with Gasteiger partial charge in [-0.05, 0) is 35.9 Å². The number of fused-ring (bicyclic) bond motifs is 4. The zero-order valence-electron chi connectivity index (χ0n) is 15.9. The summed E-state index contributed by atoms with van der Waals surface area (Å²) in [5.74, 6) is 2.16. The summed E-state index contributed by atoms with van der Waals surface area (Å²) in [6.45, 7) is 1.48. The largest absolute Gasteiger partial charge is 0.486 e. The van der Waals surface area contributed by atoms with E-state index in [1.807, 2.05) is 36.4 Å². The Morgan fingerprint density at radius 1 is 0.967 bits per heavy atom. The molecule has 8 heteroatoms. The smallest absolute Gasteiger partial charge is 0.283 e. The molecule has 1 fully saturated rings. The fourth-order valence-corrected chi connectivity index (χ4v) is 4.01. The van der Waals surface area contributed by atoms with Crippen molar-refractivity contribution in [2.75, 3.05) is 19.8 Å². The highest BCUT2D eigenvalue weighted by Gasteiger charge is 2.47. The van der Waals surface area contributed by atoms with Gasteiger partial charge in [0, 0.05) is 29.1 Å². The molecular weight excluding hydrogens is 384 g/mol. The minimum atomic E-state index is -0.811. The minimum Gasteiger partial charge on any atom is -0.486 e. The molecule has 0 bridgehead atoms. The number of amidine groups is 1. The van der Waals surface area contributed by atoms with Crippen LogP contribution in [0.2, 0.25) is 0 Å². The lowest BCUT2D eigenvalue weighted by molar-refractivity contribution is -0.0797. The van der Waals surface area contributed by atoms with Crippen LogP contribution in [0.5, 0.6) is 17.2 Å². The van der Waals surface area contributed by atoms with Gasteiger partial charge in [-0.2, -0.15) is 0 Å². The third-order valence-electron chi connectivity index (χ3n) is 5.58. The van der Waals surface area contributed by atoms with Crippen LogP contribution in [0.1, 0.15) is 11.1 Å². The zero-order chi connectivity index (χ0) is 20.1. The highest BCUT2D eigenvalue weighted by Crippen LogP contribution is 2.52. The Bertz CT molecular complexity index is 1160. The van der Waals surface area contributed by atoms with E-state index in [0.717, 1.165) is 28.0 Å².